The molecule has 7 aromatic carbocycles. The number of rotatable bonds is 6. The quantitative estimate of drug-likeness (QED) is 0.184. The topological polar surface area (TPSA) is 43.6 Å². The Kier molecular flexibility index (Phi) is 7.10. The van der Waals surface area contributed by atoms with Crippen LogP contribution in [0.1, 0.15) is 0 Å². The molecule has 9 rings (SSSR count). The number of fused-ring (bicyclic) bond motifs is 3. The summed E-state index contributed by atoms with van der Waals surface area (Å²) in [5.74, 6) is 1.87. The Balaban J connectivity index is 1.32. The molecule has 0 saturated carbocycles. The van der Waals surface area contributed by atoms with E-state index in [1.807, 2.05) is 24.3 Å². The number of para-hydroxylation sites is 2. The number of aromatic nitrogens is 4. The zero-order valence-corrected chi connectivity index (χ0v) is 26.6. The molecule has 0 radical (unpaired) electrons. The van der Waals surface area contributed by atoms with Crippen LogP contribution in [0.2, 0.25) is 0 Å². The van der Waals surface area contributed by atoms with Crippen molar-refractivity contribution in [2.24, 2.45) is 0 Å². The summed E-state index contributed by atoms with van der Waals surface area (Å²) >= 11 is 0. The predicted octanol–water partition coefficient (Wildman–Crippen LogP) is 11.3. The third-order valence-electron chi connectivity index (χ3n) is 9.06. The van der Waals surface area contributed by atoms with E-state index in [9.17, 15) is 0 Å². The highest BCUT2D eigenvalue weighted by atomic mass is 15.1. The largest absolute Gasteiger partial charge is 0.308 e. The van der Waals surface area contributed by atoms with Crippen LogP contribution < -0.4 is 0 Å². The van der Waals surface area contributed by atoms with Gasteiger partial charge in [-0.3, -0.25) is 0 Å². The van der Waals surface area contributed by atoms with Crippen molar-refractivity contribution >= 4 is 21.8 Å². The Morgan fingerprint density at radius 2 is 0.755 bits per heavy atom. The molecule has 0 N–H and O–H groups in total. The van der Waals surface area contributed by atoms with E-state index in [0.29, 0.717) is 17.5 Å². The first kappa shape index (κ1) is 28.6. The van der Waals surface area contributed by atoms with Gasteiger partial charge in [0.05, 0.1) is 16.7 Å². The zero-order valence-electron chi connectivity index (χ0n) is 26.6. The van der Waals surface area contributed by atoms with Crippen molar-refractivity contribution in [2.45, 2.75) is 0 Å². The summed E-state index contributed by atoms with van der Waals surface area (Å²) < 4.78 is 2.36. The molecule has 2 aromatic heterocycles. The van der Waals surface area contributed by atoms with Gasteiger partial charge in [0.1, 0.15) is 0 Å². The van der Waals surface area contributed by atoms with Crippen LogP contribution in [0.4, 0.5) is 0 Å². The van der Waals surface area contributed by atoms with Crippen molar-refractivity contribution in [3.05, 3.63) is 182 Å². The maximum atomic E-state index is 5.23. The number of benzene rings is 7. The predicted molar refractivity (Wildman–Crippen MR) is 201 cm³/mol. The second-order valence-corrected chi connectivity index (χ2v) is 12.1. The van der Waals surface area contributed by atoms with Gasteiger partial charge in [-0.25, -0.2) is 15.0 Å². The molecule has 0 aliphatic carbocycles. The van der Waals surface area contributed by atoms with Crippen LogP contribution in [0, 0.1) is 0 Å². The van der Waals surface area contributed by atoms with E-state index in [4.69, 9.17) is 15.0 Å². The molecule has 4 nitrogen and oxygen atoms in total. The van der Waals surface area contributed by atoms with Crippen LogP contribution in [-0.2, 0) is 0 Å². The maximum Gasteiger partial charge on any atom is 0.166 e. The molecule has 4 heteroatoms. The molecule has 0 fully saturated rings. The van der Waals surface area contributed by atoms with Crippen molar-refractivity contribution in [1.29, 1.82) is 0 Å². The van der Waals surface area contributed by atoms with Gasteiger partial charge >= 0.3 is 0 Å². The first-order valence-corrected chi connectivity index (χ1v) is 16.5. The fourth-order valence-corrected chi connectivity index (χ4v) is 6.71. The SMILES string of the molecule is c1ccc(-c2cccc(-c3nc(-c4ccccc4)nc(-c4ccc(-c5ccccc5)cc4-n4c5ccccc5c5ccccc54)n3)c2)cc1. The molecule has 49 heavy (non-hydrogen) atoms. The van der Waals surface area contributed by atoms with Gasteiger partial charge < -0.3 is 4.57 Å². The number of nitrogens with zero attached hydrogens (tertiary/aromatic N) is 4. The summed E-state index contributed by atoms with van der Waals surface area (Å²) in [6, 6.07) is 63.3. The fraction of sp³-hybridized carbons (Fsp3) is 0. The van der Waals surface area contributed by atoms with E-state index in [0.717, 1.165) is 55.7 Å². The summed E-state index contributed by atoms with van der Waals surface area (Å²) in [7, 11) is 0. The smallest absolute Gasteiger partial charge is 0.166 e. The van der Waals surface area contributed by atoms with Gasteiger partial charge in [0, 0.05) is 27.5 Å². The lowest BCUT2D eigenvalue weighted by Gasteiger charge is -2.16. The highest BCUT2D eigenvalue weighted by molar-refractivity contribution is 6.09. The molecule has 0 amide bonds. The van der Waals surface area contributed by atoms with Crippen LogP contribution in [0.3, 0.4) is 0 Å². The maximum absolute atomic E-state index is 5.23. The first-order valence-electron chi connectivity index (χ1n) is 16.5. The number of hydrogen-bond donors (Lipinski definition) is 0. The van der Waals surface area contributed by atoms with Crippen LogP contribution in [0.15, 0.2) is 182 Å². The number of hydrogen-bond acceptors (Lipinski definition) is 3. The molecular weight excluding hydrogens is 597 g/mol. The van der Waals surface area contributed by atoms with Crippen molar-refractivity contribution in [1.82, 2.24) is 19.5 Å². The molecule has 0 aliphatic rings. The van der Waals surface area contributed by atoms with E-state index >= 15 is 0 Å². The summed E-state index contributed by atoms with van der Waals surface area (Å²) in [4.78, 5) is 15.5. The Bertz CT molecular complexity index is 2540. The standard InChI is InChI=1S/C45H30N4/c1-4-15-31(16-5-1)34-21-14-22-36(29-34)44-46-43(33-19-8-3-9-20-33)47-45(48-44)39-28-27-35(32-17-6-2-7-18-32)30-42(39)49-40-25-12-10-23-37(40)38-24-11-13-26-41(38)49/h1-30H. The highest BCUT2D eigenvalue weighted by Gasteiger charge is 2.20. The lowest BCUT2D eigenvalue weighted by molar-refractivity contribution is 1.06. The second-order valence-electron chi connectivity index (χ2n) is 12.1. The molecule has 0 bridgehead atoms. The van der Waals surface area contributed by atoms with Crippen molar-refractivity contribution in [3.8, 4) is 62.1 Å². The van der Waals surface area contributed by atoms with Crippen LogP contribution >= 0.6 is 0 Å². The highest BCUT2D eigenvalue weighted by Crippen LogP contribution is 2.38. The van der Waals surface area contributed by atoms with Crippen molar-refractivity contribution in [3.63, 3.8) is 0 Å². The Hall–Kier alpha value is -6.65. The minimum absolute atomic E-state index is 0.616. The Morgan fingerprint density at radius 1 is 0.306 bits per heavy atom. The second kappa shape index (κ2) is 12.2. The van der Waals surface area contributed by atoms with Crippen LogP contribution in [0.25, 0.3) is 83.9 Å². The lowest BCUT2D eigenvalue weighted by Crippen LogP contribution is -2.04. The van der Waals surface area contributed by atoms with E-state index < -0.39 is 0 Å². The average Bonchev–Trinajstić information content (AvgIpc) is 3.53. The minimum atomic E-state index is 0.616. The molecule has 230 valence electrons. The zero-order chi connectivity index (χ0) is 32.6. The third kappa shape index (κ3) is 5.26. The average molecular weight is 627 g/mol. The first-order chi connectivity index (χ1) is 24.3. The molecule has 2 heterocycles. The molecule has 9 aromatic rings. The Morgan fingerprint density at radius 3 is 1.37 bits per heavy atom. The normalized spacial score (nSPS) is 11.3. The van der Waals surface area contributed by atoms with Crippen molar-refractivity contribution < 1.29 is 0 Å². The van der Waals surface area contributed by atoms with Gasteiger partial charge in [-0.15, -0.1) is 0 Å². The van der Waals surface area contributed by atoms with Gasteiger partial charge in [-0.1, -0.05) is 152 Å². The third-order valence-corrected chi connectivity index (χ3v) is 9.06. The lowest BCUT2D eigenvalue weighted by atomic mass is 10.0. The van der Waals surface area contributed by atoms with Gasteiger partial charge in [0.2, 0.25) is 0 Å². The molecule has 0 saturated heterocycles. The monoisotopic (exact) mass is 626 g/mol. The Labute approximate surface area is 284 Å². The van der Waals surface area contributed by atoms with Crippen molar-refractivity contribution in [2.75, 3.05) is 0 Å². The summed E-state index contributed by atoms with van der Waals surface area (Å²) in [6.45, 7) is 0. The fourth-order valence-electron chi connectivity index (χ4n) is 6.71. The molecule has 0 atom stereocenters. The van der Waals surface area contributed by atoms with E-state index in [2.05, 4.69) is 162 Å². The van der Waals surface area contributed by atoms with Crippen LogP contribution in [0.5, 0.6) is 0 Å². The summed E-state index contributed by atoms with van der Waals surface area (Å²) in [6.07, 6.45) is 0. The summed E-state index contributed by atoms with van der Waals surface area (Å²) in [5, 5.41) is 2.40. The molecule has 0 aliphatic heterocycles. The van der Waals surface area contributed by atoms with Gasteiger partial charge in [0.25, 0.3) is 0 Å². The van der Waals surface area contributed by atoms with Gasteiger partial charge in [-0.2, -0.15) is 0 Å². The molecule has 0 unspecified atom stereocenters. The van der Waals surface area contributed by atoms with Gasteiger partial charge in [-0.05, 0) is 52.6 Å². The van der Waals surface area contributed by atoms with Crippen LogP contribution in [-0.4, -0.2) is 19.5 Å². The molecule has 0 spiro atoms. The summed E-state index contributed by atoms with van der Waals surface area (Å²) in [5.41, 5.74) is 10.6. The van der Waals surface area contributed by atoms with E-state index in [-0.39, 0.29) is 0 Å². The van der Waals surface area contributed by atoms with E-state index in [1.165, 1.54) is 10.8 Å². The van der Waals surface area contributed by atoms with E-state index in [1.54, 1.807) is 0 Å². The molecular formula is C45H30N4. The minimum Gasteiger partial charge on any atom is -0.308 e. The van der Waals surface area contributed by atoms with Gasteiger partial charge in [0.15, 0.2) is 17.5 Å².